The third-order valence-corrected chi connectivity index (χ3v) is 9.27. The summed E-state index contributed by atoms with van der Waals surface area (Å²) in [4.78, 5) is 45.3. The van der Waals surface area contributed by atoms with E-state index in [0.717, 1.165) is 92.5 Å². The molecule has 3 aliphatic heterocycles. The van der Waals surface area contributed by atoms with Crippen molar-refractivity contribution in [1.82, 2.24) is 14.7 Å². The molecule has 0 radical (unpaired) electrons. The number of carboxylic acids is 1. The summed E-state index contributed by atoms with van der Waals surface area (Å²) in [5.74, 6) is -0.579. The van der Waals surface area contributed by atoms with Gasteiger partial charge in [-0.1, -0.05) is 25.5 Å². The van der Waals surface area contributed by atoms with Crippen molar-refractivity contribution in [3.63, 3.8) is 0 Å². The van der Waals surface area contributed by atoms with E-state index in [1.54, 1.807) is 0 Å². The van der Waals surface area contributed by atoms with Crippen LogP contribution < -0.4 is 4.74 Å². The molecule has 4 rings (SSSR count). The Morgan fingerprint density at radius 1 is 1.10 bits per heavy atom. The van der Waals surface area contributed by atoms with Crippen LogP contribution in [-0.4, -0.2) is 122 Å². The number of carboxylic acid groups (broad SMARTS) is 1. The third-order valence-electron chi connectivity index (χ3n) is 9.27. The minimum atomic E-state index is -0.829. The number of carbonyl (C=O) groups is 3. The van der Waals surface area contributed by atoms with Crippen LogP contribution in [0.15, 0.2) is 18.2 Å². The predicted octanol–water partition coefficient (Wildman–Crippen LogP) is 3.61. The molecule has 1 aromatic rings. The van der Waals surface area contributed by atoms with E-state index < -0.39 is 11.9 Å². The van der Waals surface area contributed by atoms with Crippen LogP contribution >= 0.6 is 0 Å². The maximum atomic E-state index is 13.8. The van der Waals surface area contributed by atoms with Gasteiger partial charge in [-0.15, -0.1) is 0 Å². The first-order valence-corrected chi connectivity index (χ1v) is 16.2. The molecule has 1 aromatic carbocycles. The van der Waals surface area contributed by atoms with Crippen LogP contribution in [0.1, 0.15) is 75.3 Å². The summed E-state index contributed by atoms with van der Waals surface area (Å²) in [6.45, 7) is 7.32. The number of likely N-dealkylation sites (tertiary alicyclic amines) is 2. The molecular weight excluding hydrogens is 532 g/mol. The van der Waals surface area contributed by atoms with E-state index in [9.17, 15) is 19.5 Å². The lowest BCUT2D eigenvalue weighted by Gasteiger charge is -2.32. The molecular formula is C33H53N4O5+. The number of benzene rings is 1. The zero-order valence-corrected chi connectivity index (χ0v) is 26.4. The van der Waals surface area contributed by atoms with E-state index in [2.05, 4.69) is 39.0 Å². The predicted molar refractivity (Wildman–Crippen MR) is 164 cm³/mol. The summed E-state index contributed by atoms with van der Waals surface area (Å²) in [7, 11) is 6.57. The molecule has 9 heteroatoms. The quantitative estimate of drug-likeness (QED) is 0.250. The highest BCUT2D eigenvalue weighted by Crippen LogP contribution is 2.41. The molecule has 0 aromatic heterocycles. The van der Waals surface area contributed by atoms with Crippen molar-refractivity contribution < 1.29 is 28.7 Å². The number of piperidine rings is 1. The van der Waals surface area contributed by atoms with E-state index in [0.29, 0.717) is 32.5 Å². The van der Waals surface area contributed by atoms with Gasteiger partial charge in [0.2, 0.25) is 11.8 Å². The monoisotopic (exact) mass is 585 g/mol. The van der Waals surface area contributed by atoms with Crippen LogP contribution in [0.3, 0.4) is 0 Å². The topological polar surface area (TPSA) is 90.4 Å². The van der Waals surface area contributed by atoms with Gasteiger partial charge in [0, 0.05) is 57.5 Å². The van der Waals surface area contributed by atoms with Crippen molar-refractivity contribution in [1.29, 1.82) is 0 Å². The van der Waals surface area contributed by atoms with E-state index in [1.165, 1.54) is 0 Å². The van der Waals surface area contributed by atoms with Crippen LogP contribution in [0.4, 0.5) is 0 Å². The molecule has 3 atom stereocenters. The number of rotatable bonds is 15. The molecule has 234 valence electrons. The average molecular weight is 586 g/mol. The molecule has 2 fully saturated rings. The number of hydrogen-bond acceptors (Lipinski definition) is 5. The summed E-state index contributed by atoms with van der Waals surface area (Å²) in [6, 6.07) is 5.76. The Hall–Kier alpha value is -2.65. The highest BCUT2D eigenvalue weighted by Gasteiger charge is 2.47. The van der Waals surface area contributed by atoms with Gasteiger partial charge in [-0.3, -0.25) is 19.3 Å². The molecule has 0 spiro atoms. The second-order valence-corrected chi connectivity index (χ2v) is 13.5. The molecule has 0 bridgehead atoms. The Bertz CT molecular complexity index is 1090. The number of amides is 2. The average Bonchev–Trinajstić information content (AvgIpc) is 3.55. The molecule has 0 saturated carbocycles. The lowest BCUT2D eigenvalue weighted by Crippen LogP contribution is -2.46. The summed E-state index contributed by atoms with van der Waals surface area (Å²) in [5.41, 5.74) is 2.13. The Labute approximate surface area is 252 Å². The standard InChI is InChI=1S/C33H52N4O5/c1-5-6-16-34(18-9-10-20-37(2,3)4)31(39)24-36-23-27(25-12-13-29-26(22-25)15-21-42-29)32(33(40)41)28(36)14-19-35-17-8-7-11-30(35)38/h12-13,22,27-28,32H,5-11,14-21,23-24H2,1-4H3/p+1. The van der Waals surface area contributed by atoms with Crippen molar-refractivity contribution in [2.75, 3.05) is 73.6 Å². The second kappa shape index (κ2) is 14.7. The molecule has 3 heterocycles. The number of aliphatic carboxylic acids is 1. The smallest absolute Gasteiger partial charge is 0.308 e. The van der Waals surface area contributed by atoms with Gasteiger partial charge in [0.15, 0.2) is 0 Å². The molecule has 1 N–H and O–H groups in total. The van der Waals surface area contributed by atoms with Gasteiger partial charge in [0.25, 0.3) is 0 Å². The van der Waals surface area contributed by atoms with Gasteiger partial charge >= 0.3 is 5.97 Å². The van der Waals surface area contributed by atoms with Crippen molar-refractivity contribution in [3.05, 3.63) is 29.3 Å². The van der Waals surface area contributed by atoms with Crippen molar-refractivity contribution >= 4 is 17.8 Å². The van der Waals surface area contributed by atoms with Gasteiger partial charge in [-0.05, 0) is 55.7 Å². The highest BCUT2D eigenvalue weighted by molar-refractivity contribution is 5.79. The fourth-order valence-electron chi connectivity index (χ4n) is 6.89. The van der Waals surface area contributed by atoms with Gasteiger partial charge in [-0.25, -0.2) is 0 Å². The van der Waals surface area contributed by atoms with E-state index in [4.69, 9.17) is 4.74 Å². The maximum Gasteiger partial charge on any atom is 0.308 e. The Morgan fingerprint density at radius 2 is 1.88 bits per heavy atom. The van der Waals surface area contributed by atoms with Crippen LogP contribution in [-0.2, 0) is 20.8 Å². The molecule has 3 unspecified atom stereocenters. The minimum Gasteiger partial charge on any atom is -0.493 e. The Balaban J connectivity index is 1.53. The largest absolute Gasteiger partial charge is 0.493 e. The van der Waals surface area contributed by atoms with E-state index >= 15 is 0 Å². The lowest BCUT2D eigenvalue weighted by atomic mass is 9.83. The summed E-state index contributed by atoms with van der Waals surface area (Å²) in [5, 5.41) is 10.6. The fourth-order valence-corrected chi connectivity index (χ4v) is 6.89. The first-order valence-electron chi connectivity index (χ1n) is 16.2. The maximum absolute atomic E-state index is 13.8. The number of hydrogen-bond donors (Lipinski definition) is 1. The lowest BCUT2D eigenvalue weighted by molar-refractivity contribution is -0.870. The summed E-state index contributed by atoms with van der Waals surface area (Å²) < 4.78 is 6.61. The number of ether oxygens (including phenoxy) is 1. The van der Waals surface area contributed by atoms with Gasteiger partial charge < -0.3 is 24.1 Å². The van der Waals surface area contributed by atoms with Crippen LogP contribution in [0.2, 0.25) is 0 Å². The number of quaternary nitrogens is 1. The SMILES string of the molecule is CCCCN(CCCC[N+](C)(C)C)C(=O)CN1CC(c2ccc3c(c2)CCO3)C(C(=O)O)C1CCN1CCCCC1=O. The normalized spacial score (nSPS) is 22.7. The highest BCUT2D eigenvalue weighted by atomic mass is 16.5. The first-order chi connectivity index (χ1) is 20.1. The number of carbonyl (C=O) groups excluding carboxylic acids is 2. The Kier molecular flexibility index (Phi) is 11.3. The third kappa shape index (κ3) is 8.47. The molecule has 0 aliphatic carbocycles. The number of nitrogens with zero attached hydrogens (tertiary/aromatic N) is 4. The first kappa shape index (κ1) is 32.3. The van der Waals surface area contributed by atoms with Crippen LogP contribution in [0.5, 0.6) is 5.75 Å². The fraction of sp³-hybridized carbons (Fsp3) is 0.727. The number of fused-ring (bicyclic) bond motifs is 1. The summed E-state index contributed by atoms with van der Waals surface area (Å²) >= 11 is 0. The van der Waals surface area contributed by atoms with E-state index in [1.807, 2.05) is 21.9 Å². The molecule has 3 aliphatic rings. The molecule has 42 heavy (non-hydrogen) atoms. The second-order valence-electron chi connectivity index (χ2n) is 13.5. The summed E-state index contributed by atoms with van der Waals surface area (Å²) in [6.07, 6.45) is 7.85. The van der Waals surface area contributed by atoms with Gasteiger partial charge in [-0.2, -0.15) is 0 Å². The van der Waals surface area contributed by atoms with Gasteiger partial charge in [0.1, 0.15) is 5.75 Å². The zero-order chi connectivity index (χ0) is 30.3. The van der Waals surface area contributed by atoms with E-state index in [-0.39, 0.29) is 30.3 Å². The van der Waals surface area contributed by atoms with Crippen LogP contribution in [0.25, 0.3) is 0 Å². The molecule has 9 nitrogen and oxygen atoms in total. The van der Waals surface area contributed by atoms with Gasteiger partial charge in [0.05, 0.1) is 46.8 Å². The van der Waals surface area contributed by atoms with Crippen molar-refractivity contribution in [3.8, 4) is 5.75 Å². The zero-order valence-electron chi connectivity index (χ0n) is 26.4. The van der Waals surface area contributed by atoms with Crippen molar-refractivity contribution in [2.45, 2.75) is 76.7 Å². The van der Waals surface area contributed by atoms with Crippen molar-refractivity contribution in [2.24, 2.45) is 5.92 Å². The Morgan fingerprint density at radius 3 is 2.60 bits per heavy atom. The molecule has 2 saturated heterocycles. The number of unbranched alkanes of at least 4 members (excludes halogenated alkanes) is 2. The minimum absolute atomic E-state index is 0.0832. The molecule has 2 amide bonds. The van der Waals surface area contributed by atoms with Crippen LogP contribution in [0, 0.1) is 5.92 Å².